The topological polar surface area (TPSA) is 55.6 Å². The second-order valence-electron chi connectivity index (χ2n) is 7.66. The van der Waals surface area contributed by atoms with Crippen LogP contribution in [0.1, 0.15) is 44.7 Å². The second kappa shape index (κ2) is 6.86. The number of benzene rings is 1. The number of nitrogens with zero attached hydrogens (tertiary/aromatic N) is 1. The highest BCUT2D eigenvalue weighted by atomic mass is 19.4. The Hall–Kier alpha value is -1.76. The van der Waals surface area contributed by atoms with Gasteiger partial charge in [0.2, 0.25) is 0 Å². The Kier molecular flexibility index (Phi) is 5.37. The third-order valence-corrected chi connectivity index (χ3v) is 4.28. The number of likely N-dealkylation sites (tertiary alicyclic amines) is 1. The molecule has 2 rings (SSSR count). The van der Waals surface area contributed by atoms with Crippen molar-refractivity contribution in [1.29, 1.82) is 0 Å². The molecule has 1 amide bonds. The minimum atomic E-state index is -4.40. The molecule has 1 aliphatic heterocycles. The molecule has 1 heterocycles. The molecule has 0 saturated carbocycles. The molecule has 140 valence electrons. The van der Waals surface area contributed by atoms with E-state index in [0.29, 0.717) is 25.9 Å². The van der Waals surface area contributed by atoms with Gasteiger partial charge in [-0.2, -0.15) is 13.2 Å². The Morgan fingerprint density at radius 2 is 1.76 bits per heavy atom. The maximum atomic E-state index is 13.1. The summed E-state index contributed by atoms with van der Waals surface area (Å²) in [6.07, 6.45) is -3.82. The van der Waals surface area contributed by atoms with Crippen LogP contribution in [0.15, 0.2) is 24.3 Å². The minimum Gasteiger partial charge on any atom is -0.444 e. The third kappa shape index (κ3) is 5.36. The van der Waals surface area contributed by atoms with E-state index in [0.717, 1.165) is 6.07 Å². The standard InChI is InChI=1S/C18H25F3N2O2/c1-16(2,3)25-15(24)23-10-8-17(22,9-11-23)12-13-6-4-5-7-14(13)18(19,20)21/h4-7H,8-12,22H2,1-3H3. The SMILES string of the molecule is CC(C)(C)OC(=O)N1CCC(N)(Cc2ccccc2C(F)(F)F)CC1. The predicted molar refractivity (Wildman–Crippen MR) is 89.1 cm³/mol. The minimum absolute atomic E-state index is 0.130. The lowest BCUT2D eigenvalue weighted by Crippen LogP contribution is -2.53. The number of ether oxygens (including phenoxy) is 1. The molecule has 0 spiro atoms. The number of piperidine rings is 1. The van der Waals surface area contributed by atoms with Gasteiger partial charge >= 0.3 is 12.3 Å². The molecular weight excluding hydrogens is 333 g/mol. The van der Waals surface area contributed by atoms with Crippen LogP contribution in [0.5, 0.6) is 0 Å². The summed E-state index contributed by atoms with van der Waals surface area (Å²) in [5.74, 6) is 0. The van der Waals surface area contributed by atoms with Crippen molar-refractivity contribution in [2.24, 2.45) is 5.73 Å². The smallest absolute Gasteiger partial charge is 0.416 e. The number of alkyl halides is 3. The number of hydrogen-bond acceptors (Lipinski definition) is 3. The molecule has 7 heteroatoms. The summed E-state index contributed by atoms with van der Waals surface area (Å²) in [7, 11) is 0. The van der Waals surface area contributed by atoms with Crippen LogP contribution in [0.4, 0.5) is 18.0 Å². The van der Waals surface area contributed by atoms with Crippen LogP contribution >= 0.6 is 0 Å². The van der Waals surface area contributed by atoms with Gasteiger partial charge in [0.05, 0.1) is 5.56 Å². The number of hydrogen-bond donors (Lipinski definition) is 1. The highest BCUT2D eigenvalue weighted by Gasteiger charge is 2.38. The molecule has 2 N–H and O–H groups in total. The summed E-state index contributed by atoms with van der Waals surface area (Å²) < 4.78 is 44.8. The fourth-order valence-electron chi connectivity index (χ4n) is 2.97. The van der Waals surface area contributed by atoms with E-state index in [2.05, 4.69) is 0 Å². The highest BCUT2D eigenvalue weighted by molar-refractivity contribution is 5.68. The van der Waals surface area contributed by atoms with Crippen LogP contribution in [-0.4, -0.2) is 35.2 Å². The molecule has 0 atom stereocenters. The van der Waals surface area contributed by atoms with Gasteiger partial charge in [-0.1, -0.05) is 18.2 Å². The van der Waals surface area contributed by atoms with Gasteiger partial charge in [-0.25, -0.2) is 4.79 Å². The maximum Gasteiger partial charge on any atom is 0.416 e. The Bertz CT molecular complexity index is 615. The van der Waals surface area contributed by atoms with E-state index < -0.39 is 29.0 Å². The van der Waals surface area contributed by atoms with Crippen molar-refractivity contribution in [2.75, 3.05) is 13.1 Å². The molecule has 1 aliphatic rings. The molecule has 0 aromatic heterocycles. The quantitative estimate of drug-likeness (QED) is 0.870. The Morgan fingerprint density at radius 3 is 2.28 bits per heavy atom. The van der Waals surface area contributed by atoms with E-state index in [4.69, 9.17) is 10.5 Å². The molecule has 0 bridgehead atoms. The van der Waals surface area contributed by atoms with Crippen LogP contribution < -0.4 is 5.73 Å². The van der Waals surface area contributed by atoms with E-state index in [1.54, 1.807) is 31.7 Å². The number of rotatable bonds is 2. The first kappa shape index (κ1) is 19.6. The van der Waals surface area contributed by atoms with Crippen molar-refractivity contribution in [2.45, 2.75) is 57.3 Å². The summed E-state index contributed by atoms with van der Waals surface area (Å²) in [6, 6.07) is 5.51. The van der Waals surface area contributed by atoms with Gasteiger partial charge in [0.15, 0.2) is 0 Å². The van der Waals surface area contributed by atoms with Gasteiger partial charge < -0.3 is 15.4 Å². The first-order valence-corrected chi connectivity index (χ1v) is 8.32. The number of halogens is 3. The molecule has 4 nitrogen and oxygen atoms in total. The molecule has 0 radical (unpaired) electrons. The second-order valence-corrected chi connectivity index (χ2v) is 7.66. The normalized spacial score (nSPS) is 18.1. The lowest BCUT2D eigenvalue weighted by Gasteiger charge is -2.40. The van der Waals surface area contributed by atoms with E-state index in [-0.39, 0.29) is 12.0 Å². The van der Waals surface area contributed by atoms with Crippen molar-refractivity contribution in [3.8, 4) is 0 Å². The van der Waals surface area contributed by atoms with Crippen LogP contribution in [-0.2, 0) is 17.3 Å². The summed E-state index contributed by atoms with van der Waals surface area (Å²) in [5.41, 5.74) is 4.55. The molecule has 1 fully saturated rings. The zero-order valence-electron chi connectivity index (χ0n) is 14.8. The number of amides is 1. The van der Waals surface area contributed by atoms with Crippen LogP contribution in [0.2, 0.25) is 0 Å². The van der Waals surface area contributed by atoms with Crippen LogP contribution in [0.25, 0.3) is 0 Å². The van der Waals surface area contributed by atoms with Crippen LogP contribution in [0.3, 0.4) is 0 Å². The largest absolute Gasteiger partial charge is 0.444 e. The zero-order valence-corrected chi connectivity index (χ0v) is 14.8. The zero-order chi connectivity index (χ0) is 18.9. The molecule has 0 unspecified atom stereocenters. The molecule has 1 saturated heterocycles. The van der Waals surface area contributed by atoms with Gasteiger partial charge in [0, 0.05) is 18.6 Å². The van der Waals surface area contributed by atoms with Crippen molar-refractivity contribution in [1.82, 2.24) is 4.90 Å². The van der Waals surface area contributed by atoms with E-state index in [1.807, 2.05) is 0 Å². The van der Waals surface area contributed by atoms with Crippen molar-refractivity contribution in [3.05, 3.63) is 35.4 Å². The molecule has 0 aliphatic carbocycles. The van der Waals surface area contributed by atoms with Gasteiger partial charge in [-0.05, 0) is 51.7 Å². The molecule has 1 aromatic carbocycles. The van der Waals surface area contributed by atoms with E-state index in [9.17, 15) is 18.0 Å². The van der Waals surface area contributed by atoms with Crippen LogP contribution in [0, 0.1) is 0 Å². The monoisotopic (exact) mass is 358 g/mol. The molecule has 1 aromatic rings. The summed E-state index contributed by atoms with van der Waals surface area (Å²) in [6.45, 7) is 6.11. The molecular formula is C18H25F3N2O2. The number of carbonyl (C=O) groups excluding carboxylic acids is 1. The molecule has 25 heavy (non-hydrogen) atoms. The maximum absolute atomic E-state index is 13.1. The van der Waals surface area contributed by atoms with Crippen molar-refractivity contribution >= 4 is 6.09 Å². The number of nitrogens with two attached hydrogens (primary N) is 1. The predicted octanol–water partition coefficient (Wildman–Crippen LogP) is 3.98. The van der Waals surface area contributed by atoms with Crippen molar-refractivity contribution < 1.29 is 22.7 Å². The van der Waals surface area contributed by atoms with Gasteiger partial charge in [-0.15, -0.1) is 0 Å². The van der Waals surface area contributed by atoms with Gasteiger partial charge in [0.1, 0.15) is 5.60 Å². The average molecular weight is 358 g/mol. The first-order valence-electron chi connectivity index (χ1n) is 8.32. The average Bonchev–Trinajstić information content (AvgIpc) is 2.45. The first-order chi connectivity index (χ1) is 11.4. The van der Waals surface area contributed by atoms with Gasteiger partial charge in [-0.3, -0.25) is 0 Å². The summed E-state index contributed by atoms with van der Waals surface area (Å²) in [5, 5.41) is 0. The van der Waals surface area contributed by atoms with E-state index >= 15 is 0 Å². The number of carbonyl (C=O) groups is 1. The lowest BCUT2D eigenvalue weighted by molar-refractivity contribution is -0.138. The third-order valence-electron chi connectivity index (χ3n) is 4.28. The van der Waals surface area contributed by atoms with Gasteiger partial charge in [0.25, 0.3) is 0 Å². The van der Waals surface area contributed by atoms with Crippen molar-refractivity contribution in [3.63, 3.8) is 0 Å². The van der Waals surface area contributed by atoms with E-state index in [1.165, 1.54) is 12.1 Å². The Balaban J connectivity index is 2.03. The fourth-order valence-corrected chi connectivity index (χ4v) is 2.97. The lowest BCUT2D eigenvalue weighted by atomic mass is 9.81. The Morgan fingerprint density at radius 1 is 1.20 bits per heavy atom. The summed E-state index contributed by atoms with van der Waals surface area (Å²) in [4.78, 5) is 13.6. The highest BCUT2D eigenvalue weighted by Crippen LogP contribution is 2.34. The Labute approximate surface area is 146 Å². The summed E-state index contributed by atoms with van der Waals surface area (Å²) >= 11 is 0. The fraction of sp³-hybridized carbons (Fsp3) is 0.611.